The molecule has 3 rings (SSSR count). The first-order valence-corrected chi connectivity index (χ1v) is 5.93. The minimum absolute atomic E-state index is 0.313. The van der Waals surface area contributed by atoms with E-state index in [-0.39, 0.29) is 0 Å². The van der Waals surface area contributed by atoms with Gasteiger partial charge in [0.1, 0.15) is 11.6 Å². The fourth-order valence-corrected chi connectivity index (χ4v) is 2.60. The molecule has 0 radical (unpaired) electrons. The van der Waals surface area contributed by atoms with Gasteiger partial charge in [-0.3, -0.25) is 0 Å². The number of anilines is 1. The number of hydrogen-bond acceptors (Lipinski definition) is 3. The molecule has 2 aromatic rings. The summed E-state index contributed by atoms with van der Waals surface area (Å²) >= 11 is 0. The van der Waals surface area contributed by atoms with Crippen molar-refractivity contribution >= 4 is 5.82 Å². The van der Waals surface area contributed by atoms with Crippen LogP contribution in [0.25, 0.3) is 0 Å². The van der Waals surface area contributed by atoms with Crippen molar-refractivity contribution in [1.82, 2.24) is 9.97 Å². The third-order valence-corrected chi connectivity index (χ3v) is 3.34. The molecule has 0 spiro atoms. The average Bonchev–Trinajstić information content (AvgIpc) is 2.71. The summed E-state index contributed by atoms with van der Waals surface area (Å²) in [6.07, 6.45) is 2.19. The van der Waals surface area contributed by atoms with Crippen LogP contribution in [0.4, 0.5) is 5.82 Å². The van der Waals surface area contributed by atoms with Crippen LogP contribution in [0.2, 0.25) is 0 Å². The molecule has 0 bridgehead atoms. The van der Waals surface area contributed by atoms with Crippen molar-refractivity contribution < 1.29 is 0 Å². The van der Waals surface area contributed by atoms with E-state index in [2.05, 4.69) is 34.2 Å². The molecule has 1 aliphatic carbocycles. The van der Waals surface area contributed by atoms with Gasteiger partial charge in [0.05, 0.1) is 0 Å². The first kappa shape index (κ1) is 10.3. The third kappa shape index (κ3) is 1.78. The van der Waals surface area contributed by atoms with Crippen LogP contribution in [-0.2, 0) is 6.42 Å². The van der Waals surface area contributed by atoms with Crippen molar-refractivity contribution in [2.24, 2.45) is 0 Å². The quantitative estimate of drug-likeness (QED) is 0.811. The van der Waals surface area contributed by atoms with E-state index in [0.717, 1.165) is 24.4 Å². The van der Waals surface area contributed by atoms with Gasteiger partial charge in [-0.25, -0.2) is 9.97 Å². The zero-order chi connectivity index (χ0) is 11.8. The summed E-state index contributed by atoms with van der Waals surface area (Å²) < 4.78 is 0. The van der Waals surface area contributed by atoms with Crippen LogP contribution in [0.5, 0.6) is 0 Å². The largest absolute Gasteiger partial charge is 0.384 e. The molecule has 0 aliphatic heterocycles. The molecule has 0 saturated heterocycles. The summed E-state index contributed by atoms with van der Waals surface area (Å²) in [6, 6.07) is 10.3. The number of fused-ring (bicyclic) bond motifs is 1. The summed E-state index contributed by atoms with van der Waals surface area (Å²) in [6.45, 7) is 1.96. The molecule has 0 amide bonds. The molecule has 1 aromatic carbocycles. The maximum Gasteiger partial charge on any atom is 0.138 e. The highest BCUT2D eigenvalue weighted by molar-refractivity contribution is 5.40. The van der Waals surface area contributed by atoms with Crippen LogP contribution >= 0.6 is 0 Å². The summed E-state index contributed by atoms with van der Waals surface area (Å²) in [5.41, 5.74) is 9.51. The van der Waals surface area contributed by atoms with Gasteiger partial charge in [-0.1, -0.05) is 24.3 Å². The summed E-state index contributed by atoms with van der Waals surface area (Å²) in [5, 5.41) is 0. The van der Waals surface area contributed by atoms with Crippen LogP contribution in [-0.4, -0.2) is 9.97 Å². The van der Waals surface area contributed by atoms with Crippen molar-refractivity contribution in [3.8, 4) is 0 Å². The molecule has 3 nitrogen and oxygen atoms in total. The minimum atomic E-state index is 0.313. The van der Waals surface area contributed by atoms with Gasteiger partial charge in [0.25, 0.3) is 0 Å². The summed E-state index contributed by atoms with van der Waals surface area (Å²) in [4.78, 5) is 8.91. The topological polar surface area (TPSA) is 51.8 Å². The van der Waals surface area contributed by atoms with Gasteiger partial charge in [0, 0.05) is 17.7 Å². The van der Waals surface area contributed by atoms with Crippen LogP contribution < -0.4 is 5.73 Å². The lowest BCUT2D eigenvalue weighted by atomic mass is 10.0. The average molecular weight is 225 g/mol. The Hall–Kier alpha value is -1.90. The molecular formula is C14H15N3. The Kier molecular flexibility index (Phi) is 2.32. The monoisotopic (exact) mass is 225 g/mol. The van der Waals surface area contributed by atoms with Crippen LogP contribution in [0, 0.1) is 6.92 Å². The van der Waals surface area contributed by atoms with Gasteiger partial charge in [-0.15, -0.1) is 0 Å². The van der Waals surface area contributed by atoms with Gasteiger partial charge in [0.15, 0.2) is 0 Å². The Bertz CT molecular complexity index is 543. The van der Waals surface area contributed by atoms with E-state index in [0.29, 0.717) is 11.7 Å². The van der Waals surface area contributed by atoms with Crippen LogP contribution in [0.1, 0.15) is 35.0 Å². The standard InChI is InChI=1S/C14H15N3/c1-9-8-13(15)17-14(16-9)12-7-6-10-4-2-3-5-11(10)12/h2-5,8,12H,6-7H2,1H3,(H2,15,16,17). The fourth-order valence-electron chi connectivity index (χ4n) is 2.60. The molecule has 0 fully saturated rings. The highest BCUT2D eigenvalue weighted by Crippen LogP contribution is 2.36. The van der Waals surface area contributed by atoms with Gasteiger partial charge >= 0.3 is 0 Å². The first-order chi connectivity index (χ1) is 8.24. The fraction of sp³-hybridized carbons (Fsp3) is 0.286. The summed E-state index contributed by atoms with van der Waals surface area (Å²) in [5.74, 6) is 1.75. The number of rotatable bonds is 1. The number of nitrogens with two attached hydrogens (primary N) is 1. The lowest BCUT2D eigenvalue weighted by Crippen LogP contribution is -2.06. The highest BCUT2D eigenvalue weighted by atomic mass is 15.0. The van der Waals surface area contributed by atoms with E-state index < -0.39 is 0 Å². The number of aromatic nitrogens is 2. The molecular weight excluding hydrogens is 210 g/mol. The van der Waals surface area contributed by atoms with E-state index in [4.69, 9.17) is 5.73 Å². The Morgan fingerprint density at radius 3 is 2.88 bits per heavy atom. The van der Waals surface area contributed by atoms with Gasteiger partial charge < -0.3 is 5.73 Å². The maximum atomic E-state index is 5.80. The number of benzene rings is 1. The number of aryl methyl sites for hydroxylation is 2. The number of nitrogen functional groups attached to an aromatic ring is 1. The lowest BCUT2D eigenvalue weighted by molar-refractivity contribution is 0.725. The molecule has 3 heteroatoms. The van der Waals surface area contributed by atoms with Crippen LogP contribution in [0.3, 0.4) is 0 Å². The second kappa shape index (κ2) is 3.84. The molecule has 1 atom stereocenters. The number of hydrogen-bond donors (Lipinski definition) is 1. The van der Waals surface area contributed by atoms with Crippen LogP contribution in [0.15, 0.2) is 30.3 Å². The van der Waals surface area contributed by atoms with E-state index >= 15 is 0 Å². The minimum Gasteiger partial charge on any atom is -0.384 e. The predicted molar refractivity (Wildman–Crippen MR) is 67.8 cm³/mol. The van der Waals surface area contributed by atoms with E-state index in [1.165, 1.54) is 11.1 Å². The second-order valence-corrected chi connectivity index (χ2v) is 4.58. The SMILES string of the molecule is Cc1cc(N)nc(C2CCc3ccccc32)n1. The van der Waals surface area contributed by atoms with Crippen molar-refractivity contribution in [2.45, 2.75) is 25.7 Å². The highest BCUT2D eigenvalue weighted by Gasteiger charge is 2.25. The lowest BCUT2D eigenvalue weighted by Gasteiger charge is -2.11. The van der Waals surface area contributed by atoms with Gasteiger partial charge in [0.2, 0.25) is 0 Å². The van der Waals surface area contributed by atoms with E-state index in [9.17, 15) is 0 Å². The molecule has 1 unspecified atom stereocenters. The third-order valence-electron chi connectivity index (χ3n) is 3.34. The van der Waals surface area contributed by atoms with Gasteiger partial charge in [-0.2, -0.15) is 0 Å². The Labute approximate surface area is 101 Å². The van der Waals surface area contributed by atoms with E-state index in [1.54, 1.807) is 0 Å². The van der Waals surface area contributed by atoms with Crippen molar-refractivity contribution in [3.05, 3.63) is 53.0 Å². The molecule has 2 N–H and O–H groups in total. The first-order valence-electron chi connectivity index (χ1n) is 5.93. The Balaban J connectivity index is 2.06. The Morgan fingerprint density at radius 1 is 1.24 bits per heavy atom. The van der Waals surface area contributed by atoms with E-state index in [1.807, 2.05) is 13.0 Å². The maximum absolute atomic E-state index is 5.80. The molecule has 1 heterocycles. The van der Waals surface area contributed by atoms with Crippen molar-refractivity contribution in [3.63, 3.8) is 0 Å². The van der Waals surface area contributed by atoms with Crippen molar-refractivity contribution in [1.29, 1.82) is 0 Å². The predicted octanol–water partition coefficient (Wildman–Crippen LogP) is 2.45. The van der Waals surface area contributed by atoms with Gasteiger partial charge in [-0.05, 0) is 30.9 Å². The molecule has 1 aromatic heterocycles. The zero-order valence-corrected chi connectivity index (χ0v) is 9.85. The van der Waals surface area contributed by atoms with Crippen molar-refractivity contribution in [2.75, 3.05) is 5.73 Å². The molecule has 1 aliphatic rings. The second-order valence-electron chi connectivity index (χ2n) is 4.58. The molecule has 0 saturated carbocycles. The normalized spacial score (nSPS) is 18.1. The zero-order valence-electron chi connectivity index (χ0n) is 9.85. The summed E-state index contributed by atoms with van der Waals surface area (Å²) in [7, 11) is 0. The molecule has 17 heavy (non-hydrogen) atoms. The smallest absolute Gasteiger partial charge is 0.138 e. The Morgan fingerprint density at radius 2 is 2.06 bits per heavy atom. The molecule has 86 valence electrons. The number of nitrogens with zero attached hydrogens (tertiary/aromatic N) is 2.